The molecule has 1 amide bonds. The van der Waals surface area contributed by atoms with Crippen molar-refractivity contribution in [3.05, 3.63) is 68.4 Å². The summed E-state index contributed by atoms with van der Waals surface area (Å²) in [5, 5.41) is 12.2. The highest BCUT2D eigenvalue weighted by molar-refractivity contribution is 7.21. The van der Waals surface area contributed by atoms with Crippen LogP contribution in [0.3, 0.4) is 0 Å². The van der Waals surface area contributed by atoms with Crippen LogP contribution in [0.5, 0.6) is 5.75 Å². The van der Waals surface area contributed by atoms with Crippen molar-refractivity contribution in [3.63, 3.8) is 0 Å². The molecule has 6 rings (SSSR count). The van der Waals surface area contributed by atoms with Crippen molar-refractivity contribution in [2.45, 2.75) is 76.7 Å². The molecule has 1 saturated carbocycles. The number of rotatable bonds is 8. The van der Waals surface area contributed by atoms with Crippen LogP contribution in [0.25, 0.3) is 15.2 Å². The molecule has 1 saturated heterocycles. The van der Waals surface area contributed by atoms with E-state index in [2.05, 4.69) is 15.5 Å². The second-order valence-corrected chi connectivity index (χ2v) is 11.8. The van der Waals surface area contributed by atoms with Gasteiger partial charge in [-0.1, -0.05) is 30.6 Å². The number of nitrogens with zero attached hydrogens (tertiary/aromatic N) is 5. The Morgan fingerprint density at radius 1 is 1.10 bits per heavy atom. The van der Waals surface area contributed by atoms with Gasteiger partial charge in [0.25, 0.3) is 5.56 Å². The van der Waals surface area contributed by atoms with E-state index >= 15 is 0 Å². The number of amides is 1. The van der Waals surface area contributed by atoms with Crippen LogP contribution in [0.4, 0.5) is 4.39 Å². The quantitative estimate of drug-likeness (QED) is 0.328. The summed E-state index contributed by atoms with van der Waals surface area (Å²) < 4.78 is 29.4. The summed E-state index contributed by atoms with van der Waals surface area (Å²) >= 11 is 1.22. The molecule has 1 aliphatic heterocycles. The maximum absolute atomic E-state index is 14.6. The predicted octanol–water partition coefficient (Wildman–Crippen LogP) is 3.80. The number of aromatic nitrogens is 5. The van der Waals surface area contributed by atoms with E-state index in [-0.39, 0.29) is 18.6 Å². The standard InChI is InChI=1S/C29H33FN6O5S/c1-17-24-26(38)35(21-9-6-12-31-25(21)37)29(39)34(28(24)42-27(17)36-32-13-14-33-36)16-23(41-19-7-4-3-5-8-19)20-15-18(30)10-11-22(20)40-2/h10-11,13-15,19,21,23H,3-9,12,16H2,1-2H3,(H,31,37)/t21?,23-/m0/s1. The van der Waals surface area contributed by atoms with Crippen molar-refractivity contribution in [2.24, 2.45) is 0 Å². The van der Waals surface area contributed by atoms with Gasteiger partial charge in [0.05, 0.1) is 37.5 Å². The third-order valence-corrected chi connectivity index (χ3v) is 9.46. The molecule has 13 heteroatoms. The summed E-state index contributed by atoms with van der Waals surface area (Å²) in [7, 11) is 1.51. The Labute approximate surface area is 244 Å². The largest absolute Gasteiger partial charge is 0.496 e. The van der Waals surface area contributed by atoms with Crippen LogP contribution in [0.2, 0.25) is 0 Å². The number of hydrogen-bond acceptors (Lipinski definition) is 8. The second kappa shape index (κ2) is 11.8. The molecule has 0 bridgehead atoms. The number of carbonyl (C=O) groups excluding carboxylic acids is 1. The summed E-state index contributed by atoms with van der Waals surface area (Å²) in [6.07, 6.45) is 8.11. The highest BCUT2D eigenvalue weighted by Gasteiger charge is 2.32. The minimum absolute atomic E-state index is 0.0216. The molecule has 2 aliphatic rings. The summed E-state index contributed by atoms with van der Waals surface area (Å²) in [6.45, 7) is 2.25. The maximum atomic E-state index is 14.6. The molecule has 2 atom stereocenters. The summed E-state index contributed by atoms with van der Waals surface area (Å²) in [6, 6.07) is 3.29. The first kappa shape index (κ1) is 28.3. The van der Waals surface area contributed by atoms with Gasteiger partial charge in [-0.05, 0) is 50.8 Å². The Hall–Kier alpha value is -3.84. The third kappa shape index (κ3) is 5.15. The van der Waals surface area contributed by atoms with Crippen LogP contribution in [0, 0.1) is 12.7 Å². The Kier molecular flexibility index (Phi) is 7.95. The smallest absolute Gasteiger partial charge is 0.332 e. The van der Waals surface area contributed by atoms with E-state index in [1.54, 1.807) is 13.0 Å². The van der Waals surface area contributed by atoms with Crippen molar-refractivity contribution < 1.29 is 18.7 Å². The number of thiophene rings is 1. The fourth-order valence-electron chi connectivity index (χ4n) is 6.07. The van der Waals surface area contributed by atoms with E-state index in [4.69, 9.17) is 9.47 Å². The Morgan fingerprint density at radius 2 is 1.86 bits per heavy atom. The van der Waals surface area contributed by atoms with Crippen molar-refractivity contribution >= 4 is 27.5 Å². The molecule has 0 spiro atoms. The SMILES string of the molecule is COc1ccc(F)cc1[C@H](Cn1c(=O)n(C2CCCNC2=O)c(=O)c2c(C)c(-n3nccn3)sc21)OC1CCCCC1. The van der Waals surface area contributed by atoms with Crippen molar-refractivity contribution in [2.75, 3.05) is 13.7 Å². The minimum Gasteiger partial charge on any atom is -0.496 e. The molecule has 222 valence electrons. The number of halogens is 1. The van der Waals surface area contributed by atoms with Gasteiger partial charge >= 0.3 is 5.69 Å². The fourth-order valence-corrected chi connectivity index (χ4v) is 7.29. The molecule has 4 aromatic rings. The number of benzene rings is 1. The molecular formula is C29H33FN6O5S. The molecule has 0 radical (unpaired) electrons. The van der Waals surface area contributed by atoms with Gasteiger partial charge < -0.3 is 14.8 Å². The number of carbonyl (C=O) groups is 1. The predicted molar refractivity (Wildman–Crippen MR) is 155 cm³/mol. The topological polar surface area (TPSA) is 122 Å². The molecule has 4 heterocycles. The fraction of sp³-hybridized carbons (Fsp3) is 0.483. The Bertz CT molecular complexity index is 1720. The molecule has 11 nitrogen and oxygen atoms in total. The number of piperidine rings is 1. The van der Waals surface area contributed by atoms with Crippen molar-refractivity contribution in [1.82, 2.24) is 29.4 Å². The average Bonchev–Trinajstić information content (AvgIpc) is 3.64. The van der Waals surface area contributed by atoms with E-state index in [0.717, 1.165) is 36.7 Å². The average molecular weight is 597 g/mol. The van der Waals surface area contributed by atoms with Gasteiger partial charge in [0.15, 0.2) is 0 Å². The number of fused-ring (bicyclic) bond motifs is 1. The monoisotopic (exact) mass is 596 g/mol. The van der Waals surface area contributed by atoms with Crippen LogP contribution in [-0.2, 0) is 16.1 Å². The first-order valence-electron chi connectivity index (χ1n) is 14.3. The van der Waals surface area contributed by atoms with Gasteiger partial charge in [-0.15, -0.1) is 4.80 Å². The second-order valence-electron chi connectivity index (χ2n) is 10.8. The molecule has 42 heavy (non-hydrogen) atoms. The lowest BCUT2D eigenvalue weighted by molar-refractivity contribution is -0.126. The van der Waals surface area contributed by atoms with E-state index in [9.17, 15) is 18.8 Å². The van der Waals surface area contributed by atoms with E-state index in [1.807, 2.05) is 0 Å². The number of nitrogens with one attached hydrogen (secondary N) is 1. The van der Waals surface area contributed by atoms with Crippen LogP contribution in [0.15, 0.2) is 40.2 Å². The summed E-state index contributed by atoms with van der Waals surface area (Å²) in [4.78, 5) is 43.0. The lowest BCUT2D eigenvalue weighted by Crippen LogP contribution is -2.49. The number of aryl methyl sites for hydroxylation is 1. The summed E-state index contributed by atoms with van der Waals surface area (Å²) in [5.41, 5.74) is -0.0848. The Morgan fingerprint density at radius 3 is 2.57 bits per heavy atom. The normalized spacial score (nSPS) is 18.7. The molecule has 3 aromatic heterocycles. The molecule has 1 unspecified atom stereocenters. The van der Waals surface area contributed by atoms with Crippen molar-refractivity contribution in [3.8, 4) is 10.8 Å². The van der Waals surface area contributed by atoms with Gasteiger partial charge in [0.2, 0.25) is 5.91 Å². The maximum Gasteiger partial charge on any atom is 0.332 e. The third-order valence-electron chi connectivity index (χ3n) is 8.18. The number of hydrogen-bond donors (Lipinski definition) is 1. The minimum atomic E-state index is -0.943. The lowest BCUT2D eigenvalue weighted by atomic mass is 9.97. The lowest BCUT2D eigenvalue weighted by Gasteiger charge is -2.30. The van der Waals surface area contributed by atoms with E-state index in [1.165, 1.54) is 52.3 Å². The van der Waals surface area contributed by atoms with Crippen LogP contribution < -0.4 is 21.3 Å². The molecule has 1 aromatic carbocycles. The van der Waals surface area contributed by atoms with E-state index < -0.39 is 29.2 Å². The van der Waals surface area contributed by atoms with Crippen molar-refractivity contribution in [1.29, 1.82) is 0 Å². The zero-order valence-electron chi connectivity index (χ0n) is 23.5. The molecule has 1 aliphatic carbocycles. The van der Waals surface area contributed by atoms with Gasteiger partial charge in [0.1, 0.15) is 33.5 Å². The van der Waals surface area contributed by atoms with Crippen LogP contribution in [0.1, 0.15) is 68.2 Å². The Balaban J connectivity index is 1.57. The number of ether oxygens (including phenoxy) is 2. The number of methoxy groups -OCH3 is 1. The highest BCUT2D eigenvalue weighted by atomic mass is 32.1. The molecule has 2 fully saturated rings. The van der Waals surface area contributed by atoms with Gasteiger partial charge in [-0.3, -0.25) is 14.2 Å². The first-order chi connectivity index (χ1) is 20.4. The van der Waals surface area contributed by atoms with Gasteiger partial charge in [-0.2, -0.15) is 10.2 Å². The van der Waals surface area contributed by atoms with E-state index in [0.29, 0.717) is 51.5 Å². The van der Waals surface area contributed by atoms with Gasteiger partial charge in [0, 0.05) is 17.7 Å². The van der Waals surface area contributed by atoms with Gasteiger partial charge in [-0.25, -0.2) is 13.8 Å². The summed E-state index contributed by atoms with van der Waals surface area (Å²) in [5.74, 6) is -0.385. The molecule has 1 N–H and O–H groups in total. The zero-order valence-corrected chi connectivity index (χ0v) is 24.4. The van der Waals surface area contributed by atoms with Crippen LogP contribution >= 0.6 is 11.3 Å². The zero-order chi connectivity index (χ0) is 29.4. The highest BCUT2D eigenvalue weighted by Crippen LogP contribution is 2.36. The van der Waals surface area contributed by atoms with Crippen LogP contribution in [-0.4, -0.2) is 49.8 Å². The molecular weight excluding hydrogens is 563 g/mol. The first-order valence-corrected chi connectivity index (χ1v) is 15.1.